The molecule has 5 aromatic carbocycles. The molecule has 5 rings (SSSR count). The molecule has 0 unspecified atom stereocenters. The maximum Gasteiger partial charge on any atom is 0.187 e. The van der Waals surface area contributed by atoms with Crippen LogP contribution in [-0.4, -0.2) is 0 Å². The molecule has 0 amide bonds. The smallest absolute Gasteiger partial charge is 0.187 e. The second-order valence-electron chi connectivity index (χ2n) is 7.27. The lowest BCUT2D eigenvalue weighted by Crippen LogP contribution is -2.08. The van der Waals surface area contributed by atoms with Gasteiger partial charge in [0.15, 0.2) is 10.9 Å². The Morgan fingerprint density at radius 3 is 2.25 bits per heavy atom. The third-order valence-corrected chi connectivity index (χ3v) is 5.57. The van der Waals surface area contributed by atoms with Crippen LogP contribution in [0.25, 0.3) is 43.1 Å². The summed E-state index contributed by atoms with van der Waals surface area (Å²) in [6.07, 6.45) is 3.05. The summed E-state index contributed by atoms with van der Waals surface area (Å²) in [6.45, 7) is 2.15. The van der Waals surface area contributed by atoms with E-state index in [4.69, 9.17) is 0 Å². The Labute approximate surface area is 162 Å². The molecule has 2 heteroatoms. The van der Waals surface area contributed by atoms with Crippen molar-refractivity contribution in [2.24, 2.45) is 0 Å². The second-order valence-corrected chi connectivity index (χ2v) is 7.27. The van der Waals surface area contributed by atoms with Crippen LogP contribution in [-0.2, 0) is 0 Å². The summed E-state index contributed by atoms with van der Waals surface area (Å²) in [5.41, 5.74) is 0.702. The van der Waals surface area contributed by atoms with Gasteiger partial charge in [0.05, 0.1) is 0 Å². The minimum Gasteiger partial charge on any atom is -0.289 e. The van der Waals surface area contributed by atoms with E-state index in [1.807, 2.05) is 42.5 Å². The molecule has 0 fully saturated rings. The molecule has 0 aliphatic carbocycles. The molecule has 0 radical (unpaired) electrons. The molecule has 5 aromatic rings. The average Bonchev–Trinajstić information content (AvgIpc) is 2.72. The van der Waals surface area contributed by atoms with Crippen LogP contribution in [0.4, 0.5) is 0 Å². The maximum absolute atomic E-state index is 12.9. The van der Waals surface area contributed by atoms with Gasteiger partial charge in [0.25, 0.3) is 0 Å². The number of hydrogen-bond donors (Lipinski definition) is 0. The van der Waals surface area contributed by atoms with Crippen molar-refractivity contribution >= 4 is 43.1 Å². The molecule has 0 spiro atoms. The minimum absolute atomic E-state index is 0.102. The van der Waals surface area contributed by atoms with Crippen LogP contribution in [0.1, 0.15) is 31.7 Å². The lowest BCUT2D eigenvalue weighted by molar-refractivity contribution is 0.828. The Morgan fingerprint density at radius 2 is 1.43 bits per heavy atom. The van der Waals surface area contributed by atoms with Crippen LogP contribution in [0, 0.1) is 11.8 Å². The van der Waals surface area contributed by atoms with Gasteiger partial charge in [0.2, 0.25) is 0 Å². The van der Waals surface area contributed by atoms with E-state index in [9.17, 15) is 9.59 Å². The van der Waals surface area contributed by atoms with Gasteiger partial charge < -0.3 is 0 Å². The van der Waals surface area contributed by atoms with Crippen LogP contribution in [0.15, 0.2) is 64.2 Å². The Kier molecular flexibility index (Phi) is 3.77. The number of fused-ring (bicyclic) bond motifs is 2. The third kappa shape index (κ3) is 2.30. The molecule has 134 valence electrons. The number of rotatable bonds is 2. The molecule has 0 N–H and O–H groups in total. The van der Waals surface area contributed by atoms with E-state index in [1.54, 1.807) is 12.1 Å². The van der Waals surface area contributed by atoms with E-state index in [0.29, 0.717) is 10.8 Å². The molecule has 0 heterocycles. The molecular formula is C26H18O2. The van der Waals surface area contributed by atoms with Gasteiger partial charge in [-0.15, -0.1) is 0 Å². The van der Waals surface area contributed by atoms with Crippen LogP contribution >= 0.6 is 0 Å². The zero-order valence-corrected chi connectivity index (χ0v) is 15.6. The molecule has 28 heavy (non-hydrogen) atoms. The Bertz CT molecular complexity index is 1530. The highest BCUT2D eigenvalue weighted by molar-refractivity contribution is 6.33. The molecule has 0 aliphatic rings. The van der Waals surface area contributed by atoms with Crippen molar-refractivity contribution in [1.82, 2.24) is 0 Å². The van der Waals surface area contributed by atoms with Crippen molar-refractivity contribution in [2.75, 3.05) is 0 Å². The summed E-state index contributed by atoms with van der Waals surface area (Å²) < 4.78 is 0. The summed E-state index contributed by atoms with van der Waals surface area (Å²) in [4.78, 5) is 25.7. The van der Waals surface area contributed by atoms with Crippen molar-refractivity contribution in [2.45, 2.75) is 26.2 Å². The quantitative estimate of drug-likeness (QED) is 0.181. The van der Waals surface area contributed by atoms with E-state index in [0.717, 1.165) is 57.1 Å². The summed E-state index contributed by atoms with van der Waals surface area (Å²) in [5, 5.41) is 6.75. The van der Waals surface area contributed by atoms with Crippen molar-refractivity contribution in [1.29, 1.82) is 0 Å². The van der Waals surface area contributed by atoms with Crippen molar-refractivity contribution in [3.63, 3.8) is 0 Å². The fourth-order valence-corrected chi connectivity index (χ4v) is 4.26. The van der Waals surface area contributed by atoms with Gasteiger partial charge in [-0.25, -0.2) is 0 Å². The first-order valence-electron chi connectivity index (χ1n) is 9.69. The van der Waals surface area contributed by atoms with E-state index < -0.39 is 0 Å². The third-order valence-electron chi connectivity index (χ3n) is 5.57. The van der Waals surface area contributed by atoms with Gasteiger partial charge in [-0.3, -0.25) is 9.59 Å². The van der Waals surface area contributed by atoms with Crippen LogP contribution < -0.4 is 10.9 Å². The molecule has 0 aliphatic heterocycles. The van der Waals surface area contributed by atoms with E-state index in [-0.39, 0.29) is 10.9 Å². The summed E-state index contributed by atoms with van der Waals surface area (Å²) in [6, 6.07) is 16.9. The number of hydrogen-bond acceptors (Lipinski definition) is 2. The van der Waals surface area contributed by atoms with Gasteiger partial charge in [0.1, 0.15) is 0 Å². The first-order chi connectivity index (χ1) is 13.7. The monoisotopic (exact) mass is 362 g/mol. The SMILES string of the molecule is CCCCC#Cc1ccc2c3cccc4ccc(=O)c(c5c(=O)ccc1c25)c43. The molecule has 2 nitrogen and oxygen atoms in total. The Morgan fingerprint density at radius 1 is 0.714 bits per heavy atom. The topological polar surface area (TPSA) is 34.1 Å². The first-order valence-corrected chi connectivity index (χ1v) is 9.69. The predicted octanol–water partition coefficient (Wildman–Crippen LogP) is 5.44. The largest absolute Gasteiger partial charge is 0.289 e. The molecular weight excluding hydrogens is 344 g/mol. The van der Waals surface area contributed by atoms with Gasteiger partial charge >= 0.3 is 0 Å². The van der Waals surface area contributed by atoms with Crippen LogP contribution in [0.5, 0.6) is 0 Å². The van der Waals surface area contributed by atoms with Crippen molar-refractivity contribution < 1.29 is 0 Å². The second kappa shape index (κ2) is 6.32. The highest BCUT2D eigenvalue weighted by Gasteiger charge is 2.17. The first kappa shape index (κ1) is 16.7. The number of unbranched alkanes of at least 4 members (excludes halogenated alkanes) is 2. The lowest BCUT2D eigenvalue weighted by Gasteiger charge is -2.13. The summed E-state index contributed by atoms with van der Waals surface area (Å²) in [7, 11) is 0. The molecule has 0 saturated carbocycles. The van der Waals surface area contributed by atoms with Gasteiger partial charge in [-0.05, 0) is 52.2 Å². The van der Waals surface area contributed by atoms with E-state index >= 15 is 0 Å². The van der Waals surface area contributed by atoms with Crippen molar-refractivity contribution in [3.05, 3.63) is 80.6 Å². The highest BCUT2D eigenvalue weighted by atomic mass is 16.1. The standard InChI is InChI=1S/C26H18O2/c1-2-3-4-5-7-16-10-12-20-19-9-6-8-17-11-14-21(27)25(23(17)19)26-22(28)15-13-18(16)24(20)26/h6,8-15H,2-4H2,1H3. The minimum atomic E-state index is -0.107. The predicted molar refractivity (Wildman–Crippen MR) is 118 cm³/mol. The fraction of sp³-hybridized carbons (Fsp3) is 0.154. The molecule has 0 bridgehead atoms. The lowest BCUT2D eigenvalue weighted by atomic mass is 9.88. The van der Waals surface area contributed by atoms with Crippen LogP contribution in [0.3, 0.4) is 0 Å². The van der Waals surface area contributed by atoms with Crippen LogP contribution in [0.2, 0.25) is 0 Å². The number of benzene rings is 5. The summed E-state index contributed by atoms with van der Waals surface area (Å²) in [5.74, 6) is 6.52. The maximum atomic E-state index is 12.9. The van der Waals surface area contributed by atoms with E-state index in [1.165, 1.54) is 0 Å². The van der Waals surface area contributed by atoms with Crippen molar-refractivity contribution in [3.8, 4) is 11.8 Å². The summed E-state index contributed by atoms with van der Waals surface area (Å²) >= 11 is 0. The highest BCUT2D eigenvalue weighted by Crippen LogP contribution is 2.38. The molecule has 0 saturated heterocycles. The van der Waals surface area contributed by atoms with Gasteiger partial charge in [-0.1, -0.05) is 55.5 Å². The van der Waals surface area contributed by atoms with Gasteiger partial charge in [0, 0.05) is 33.5 Å². The zero-order chi connectivity index (χ0) is 19.3. The molecule has 0 atom stereocenters. The molecule has 0 aromatic heterocycles. The average molecular weight is 362 g/mol. The van der Waals surface area contributed by atoms with Gasteiger partial charge in [-0.2, -0.15) is 0 Å². The fourth-order valence-electron chi connectivity index (χ4n) is 4.26. The zero-order valence-electron chi connectivity index (χ0n) is 15.6. The Balaban J connectivity index is 2.02. The Hall–Kier alpha value is -3.44. The normalized spacial score (nSPS) is 11.5. The van der Waals surface area contributed by atoms with E-state index in [2.05, 4.69) is 18.8 Å².